The predicted octanol–water partition coefficient (Wildman–Crippen LogP) is 3.15. The molecule has 0 spiro atoms. The molecule has 1 saturated heterocycles. The quantitative estimate of drug-likeness (QED) is 0.796. The molecular formula is C12H16BrNO2S. The summed E-state index contributed by atoms with van der Waals surface area (Å²) < 4.78 is 6.68. The molecule has 1 aliphatic heterocycles. The number of morpholine rings is 1. The van der Waals surface area contributed by atoms with Crippen LogP contribution in [0.1, 0.15) is 30.4 Å². The van der Waals surface area contributed by atoms with Crippen LogP contribution in [0.5, 0.6) is 0 Å². The molecule has 0 bridgehead atoms. The first kappa shape index (κ1) is 13.1. The molecule has 0 saturated carbocycles. The molecule has 1 aromatic rings. The van der Waals surface area contributed by atoms with Gasteiger partial charge >= 0.3 is 0 Å². The summed E-state index contributed by atoms with van der Waals surface area (Å²) in [7, 11) is 0. The van der Waals surface area contributed by atoms with Gasteiger partial charge in [-0.3, -0.25) is 4.79 Å². The van der Waals surface area contributed by atoms with E-state index < -0.39 is 0 Å². The second kappa shape index (κ2) is 4.71. The largest absolute Gasteiger partial charge is 0.369 e. The standard InChI is InChI=1S/C12H16BrNO2S/c1-8-6-14(7-12(2,3)16-8)11(15)10-9(13)4-5-17-10/h4-5,8H,6-7H2,1-3H3. The van der Waals surface area contributed by atoms with Crippen molar-refractivity contribution in [1.82, 2.24) is 4.90 Å². The Morgan fingerprint density at radius 2 is 2.35 bits per heavy atom. The molecule has 17 heavy (non-hydrogen) atoms. The van der Waals surface area contributed by atoms with E-state index in [0.717, 1.165) is 9.35 Å². The summed E-state index contributed by atoms with van der Waals surface area (Å²) in [5, 5.41) is 1.92. The van der Waals surface area contributed by atoms with Crippen LogP contribution in [-0.2, 0) is 4.74 Å². The van der Waals surface area contributed by atoms with Gasteiger partial charge in [0, 0.05) is 17.6 Å². The fourth-order valence-electron chi connectivity index (χ4n) is 2.20. The molecule has 0 aromatic carbocycles. The zero-order valence-electron chi connectivity index (χ0n) is 10.2. The monoisotopic (exact) mass is 317 g/mol. The summed E-state index contributed by atoms with van der Waals surface area (Å²) in [6, 6.07) is 1.91. The third-order valence-electron chi connectivity index (χ3n) is 2.67. The SMILES string of the molecule is CC1CN(C(=O)c2sccc2Br)CC(C)(C)O1. The smallest absolute Gasteiger partial charge is 0.265 e. The highest BCUT2D eigenvalue weighted by Crippen LogP contribution is 2.27. The van der Waals surface area contributed by atoms with Crippen molar-refractivity contribution < 1.29 is 9.53 Å². The van der Waals surface area contributed by atoms with Crippen molar-refractivity contribution in [2.45, 2.75) is 32.5 Å². The number of halogens is 1. The molecule has 94 valence electrons. The average Bonchev–Trinajstić information content (AvgIpc) is 2.60. The van der Waals surface area contributed by atoms with Gasteiger partial charge in [-0.05, 0) is 48.1 Å². The van der Waals surface area contributed by atoms with E-state index in [0.29, 0.717) is 13.1 Å². The molecule has 0 aliphatic carbocycles. The number of carbonyl (C=O) groups excluding carboxylic acids is 1. The highest BCUT2D eigenvalue weighted by molar-refractivity contribution is 9.10. The summed E-state index contributed by atoms with van der Waals surface area (Å²) in [6.45, 7) is 7.34. The third kappa shape index (κ3) is 2.89. The summed E-state index contributed by atoms with van der Waals surface area (Å²) in [6.07, 6.45) is 0.0847. The molecule has 2 rings (SSSR count). The lowest BCUT2D eigenvalue weighted by Crippen LogP contribution is -2.53. The number of rotatable bonds is 1. The van der Waals surface area contributed by atoms with E-state index >= 15 is 0 Å². The van der Waals surface area contributed by atoms with Crippen LogP contribution in [0.15, 0.2) is 15.9 Å². The van der Waals surface area contributed by atoms with E-state index in [1.165, 1.54) is 11.3 Å². The first-order valence-corrected chi connectivity index (χ1v) is 7.26. The van der Waals surface area contributed by atoms with E-state index in [9.17, 15) is 4.79 Å². The minimum Gasteiger partial charge on any atom is -0.369 e. The van der Waals surface area contributed by atoms with Crippen molar-refractivity contribution in [2.75, 3.05) is 13.1 Å². The van der Waals surface area contributed by atoms with Gasteiger partial charge in [0.25, 0.3) is 5.91 Å². The lowest BCUT2D eigenvalue weighted by atomic mass is 10.1. The number of carbonyl (C=O) groups is 1. The summed E-state index contributed by atoms with van der Waals surface area (Å²) in [4.78, 5) is 15.0. The molecule has 1 fully saturated rings. The van der Waals surface area contributed by atoms with Crippen molar-refractivity contribution in [3.05, 3.63) is 20.8 Å². The van der Waals surface area contributed by atoms with Crippen LogP contribution in [0.3, 0.4) is 0 Å². The van der Waals surface area contributed by atoms with Gasteiger partial charge in [-0.2, -0.15) is 0 Å². The number of hydrogen-bond donors (Lipinski definition) is 0. The van der Waals surface area contributed by atoms with Crippen molar-refractivity contribution in [2.24, 2.45) is 0 Å². The molecule has 3 nitrogen and oxygen atoms in total. The van der Waals surface area contributed by atoms with Crippen LogP contribution in [0, 0.1) is 0 Å². The van der Waals surface area contributed by atoms with Crippen LogP contribution in [0.25, 0.3) is 0 Å². The summed E-state index contributed by atoms with van der Waals surface area (Å²) >= 11 is 4.88. The van der Waals surface area contributed by atoms with Gasteiger partial charge in [-0.15, -0.1) is 11.3 Å². The molecule has 1 atom stereocenters. The van der Waals surface area contributed by atoms with Gasteiger partial charge in [0.15, 0.2) is 0 Å². The second-order valence-electron chi connectivity index (χ2n) is 4.97. The predicted molar refractivity (Wildman–Crippen MR) is 72.5 cm³/mol. The minimum atomic E-state index is -0.267. The maximum Gasteiger partial charge on any atom is 0.265 e. The average molecular weight is 318 g/mol. The van der Waals surface area contributed by atoms with Crippen LogP contribution in [-0.4, -0.2) is 35.6 Å². The number of amides is 1. The summed E-state index contributed by atoms with van der Waals surface area (Å²) in [5.74, 6) is 0.0927. The normalized spacial score (nSPS) is 23.8. The van der Waals surface area contributed by atoms with Gasteiger partial charge in [-0.25, -0.2) is 0 Å². The highest BCUT2D eigenvalue weighted by atomic mass is 79.9. The van der Waals surface area contributed by atoms with Crippen molar-refractivity contribution in [3.63, 3.8) is 0 Å². The van der Waals surface area contributed by atoms with Crippen LogP contribution < -0.4 is 0 Å². The Bertz CT molecular complexity index is 430. The Kier molecular flexibility index (Phi) is 3.61. The Labute approximate surface area is 114 Å². The van der Waals surface area contributed by atoms with Crippen LogP contribution >= 0.6 is 27.3 Å². The third-order valence-corrected chi connectivity index (χ3v) is 4.49. The summed E-state index contributed by atoms with van der Waals surface area (Å²) in [5.41, 5.74) is -0.267. The molecule has 2 heterocycles. The number of hydrogen-bond acceptors (Lipinski definition) is 3. The molecule has 0 radical (unpaired) electrons. The highest BCUT2D eigenvalue weighted by Gasteiger charge is 2.34. The van der Waals surface area contributed by atoms with Crippen molar-refractivity contribution >= 4 is 33.2 Å². The van der Waals surface area contributed by atoms with E-state index in [4.69, 9.17) is 4.74 Å². The fourth-order valence-corrected chi connectivity index (χ4v) is 3.71. The van der Waals surface area contributed by atoms with Gasteiger partial charge < -0.3 is 9.64 Å². The lowest BCUT2D eigenvalue weighted by Gasteiger charge is -2.41. The topological polar surface area (TPSA) is 29.5 Å². The van der Waals surface area contributed by atoms with Crippen molar-refractivity contribution in [3.8, 4) is 0 Å². The second-order valence-corrected chi connectivity index (χ2v) is 6.74. The zero-order chi connectivity index (χ0) is 12.6. The van der Waals surface area contributed by atoms with E-state index in [1.54, 1.807) is 0 Å². The minimum absolute atomic E-state index is 0.0847. The number of nitrogens with zero attached hydrogens (tertiary/aromatic N) is 1. The maximum atomic E-state index is 12.4. The van der Waals surface area contributed by atoms with Gasteiger partial charge in [0.2, 0.25) is 0 Å². The first-order valence-electron chi connectivity index (χ1n) is 5.59. The Hall–Kier alpha value is -0.390. The lowest BCUT2D eigenvalue weighted by molar-refractivity contribution is -0.118. The molecular weight excluding hydrogens is 302 g/mol. The van der Waals surface area contributed by atoms with Crippen LogP contribution in [0.4, 0.5) is 0 Å². The molecule has 1 unspecified atom stereocenters. The Morgan fingerprint density at radius 1 is 1.65 bits per heavy atom. The Balaban J connectivity index is 2.18. The van der Waals surface area contributed by atoms with Gasteiger partial charge in [0.1, 0.15) is 4.88 Å². The molecule has 1 aromatic heterocycles. The molecule has 0 N–H and O–H groups in total. The van der Waals surface area contributed by atoms with Crippen LogP contribution in [0.2, 0.25) is 0 Å². The Morgan fingerprint density at radius 3 is 2.88 bits per heavy atom. The van der Waals surface area contributed by atoms with E-state index in [1.807, 2.05) is 37.1 Å². The molecule has 5 heteroatoms. The van der Waals surface area contributed by atoms with E-state index in [-0.39, 0.29) is 17.6 Å². The zero-order valence-corrected chi connectivity index (χ0v) is 12.6. The van der Waals surface area contributed by atoms with Gasteiger partial charge in [-0.1, -0.05) is 0 Å². The van der Waals surface area contributed by atoms with Crippen molar-refractivity contribution in [1.29, 1.82) is 0 Å². The molecule has 1 amide bonds. The van der Waals surface area contributed by atoms with E-state index in [2.05, 4.69) is 15.9 Å². The fraction of sp³-hybridized carbons (Fsp3) is 0.583. The number of thiophene rings is 1. The van der Waals surface area contributed by atoms with Gasteiger partial charge in [0.05, 0.1) is 11.7 Å². The first-order chi connectivity index (χ1) is 7.89. The maximum absolute atomic E-state index is 12.4. The molecule has 1 aliphatic rings. The number of ether oxygens (including phenoxy) is 1.